The van der Waals surface area contributed by atoms with E-state index >= 15 is 0 Å². The van der Waals surface area contributed by atoms with Crippen molar-refractivity contribution in [1.82, 2.24) is 14.9 Å². The molecule has 0 saturated carbocycles. The smallest absolute Gasteiger partial charge is 0.427 e. The summed E-state index contributed by atoms with van der Waals surface area (Å²) < 4.78 is 6.67. The Morgan fingerprint density at radius 2 is 2.06 bits per heavy atom. The van der Waals surface area contributed by atoms with Crippen LogP contribution < -0.4 is 5.43 Å². The van der Waals surface area contributed by atoms with Crippen LogP contribution in [0.2, 0.25) is 0 Å². The van der Waals surface area contributed by atoms with Crippen LogP contribution in [0.15, 0.2) is 0 Å². The van der Waals surface area contributed by atoms with E-state index in [9.17, 15) is 4.79 Å². The molecular formula is C10H18N4O2. The third kappa shape index (κ3) is 3.22. The maximum Gasteiger partial charge on any atom is 0.427 e. The zero-order valence-electron chi connectivity index (χ0n) is 10.4. The molecule has 1 amide bonds. The van der Waals surface area contributed by atoms with Gasteiger partial charge in [-0.05, 0) is 27.7 Å². The van der Waals surface area contributed by atoms with E-state index in [2.05, 4.69) is 15.6 Å². The molecule has 1 heterocycles. The molecule has 0 spiro atoms. The average molecular weight is 226 g/mol. The fourth-order valence-corrected chi connectivity index (χ4v) is 1.17. The third-order valence-electron chi connectivity index (χ3n) is 1.81. The molecule has 0 bridgehead atoms. The van der Waals surface area contributed by atoms with Crippen LogP contribution in [-0.2, 0) is 11.2 Å². The second-order valence-electron chi connectivity index (χ2n) is 4.47. The van der Waals surface area contributed by atoms with E-state index in [4.69, 9.17) is 4.74 Å². The minimum Gasteiger partial charge on any atom is -0.443 e. The first-order chi connectivity index (χ1) is 7.33. The van der Waals surface area contributed by atoms with Gasteiger partial charge in [0.1, 0.15) is 11.4 Å². The number of aryl methyl sites for hydroxylation is 2. The number of carbonyl (C=O) groups excluding carboxylic acids is 1. The van der Waals surface area contributed by atoms with Gasteiger partial charge in [0, 0.05) is 6.42 Å². The zero-order valence-corrected chi connectivity index (χ0v) is 10.4. The molecule has 0 aromatic carbocycles. The Bertz CT molecular complexity index is 379. The molecule has 6 heteroatoms. The minimum absolute atomic E-state index is 0.509. The van der Waals surface area contributed by atoms with Crippen molar-refractivity contribution in [2.75, 3.05) is 5.43 Å². The van der Waals surface area contributed by atoms with Crippen molar-refractivity contribution < 1.29 is 9.53 Å². The summed E-state index contributed by atoms with van der Waals surface area (Å²) in [7, 11) is 0. The fraction of sp³-hybridized carbons (Fsp3) is 0.700. The number of nitrogens with zero attached hydrogens (tertiary/aromatic N) is 3. The van der Waals surface area contributed by atoms with Crippen LogP contribution in [0.5, 0.6) is 0 Å². The fourth-order valence-electron chi connectivity index (χ4n) is 1.17. The summed E-state index contributed by atoms with van der Waals surface area (Å²) in [6.45, 7) is 9.14. The number of hydrogen-bond acceptors (Lipinski definition) is 4. The molecule has 0 atom stereocenters. The molecule has 1 aromatic rings. The van der Waals surface area contributed by atoms with Gasteiger partial charge in [-0.2, -0.15) is 0 Å². The lowest BCUT2D eigenvalue weighted by molar-refractivity contribution is 0.0611. The van der Waals surface area contributed by atoms with E-state index in [-0.39, 0.29) is 0 Å². The summed E-state index contributed by atoms with van der Waals surface area (Å²) in [6.07, 6.45) is 0.182. The van der Waals surface area contributed by atoms with Crippen LogP contribution in [0.4, 0.5) is 4.79 Å². The monoisotopic (exact) mass is 226 g/mol. The van der Waals surface area contributed by atoms with Gasteiger partial charge in [0.15, 0.2) is 5.82 Å². The molecule has 0 unspecified atom stereocenters. The van der Waals surface area contributed by atoms with Crippen molar-refractivity contribution >= 4 is 6.09 Å². The second kappa shape index (κ2) is 4.51. The number of hydrogen-bond donors (Lipinski definition) is 1. The van der Waals surface area contributed by atoms with Crippen molar-refractivity contribution in [3.8, 4) is 0 Å². The predicted octanol–water partition coefficient (Wildman–Crippen LogP) is 1.63. The van der Waals surface area contributed by atoms with Crippen LogP contribution in [0.1, 0.15) is 39.3 Å². The average Bonchev–Trinajstić information content (AvgIpc) is 2.44. The first-order valence-electron chi connectivity index (χ1n) is 5.24. The van der Waals surface area contributed by atoms with Gasteiger partial charge in [0.25, 0.3) is 0 Å². The number of amides is 1. The van der Waals surface area contributed by atoms with Gasteiger partial charge in [0.05, 0.1) is 0 Å². The van der Waals surface area contributed by atoms with Crippen LogP contribution >= 0.6 is 0 Å². The predicted molar refractivity (Wildman–Crippen MR) is 59.7 cm³/mol. The van der Waals surface area contributed by atoms with E-state index in [1.807, 2.05) is 27.7 Å². The van der Waals surface area contributed by atoms with E-state index in [1.54, 1.807) is 6.92 Å². The highest BCUT2D eigenvalue weighted by Crippen LogP contribution is 2.07. The number of rotatable bonds is 2. The van der Waals surface area contributed by atoms with Gasteiger partial charge in [0.2, 0.25) is 0 Å². The topological polar surface area (TPSA) is 69.0 Å². The van der Waals surface area contributed by atoms with Gasteiger partial charge in [-0.25, -0.2) is 14.9 Å². The molecular weight excluding hydrogens is 208 g/mol. The largest absolute Gasteiger partial charge is 0.443 e. The minimum atomic E-state index is -0.515. The quantitative estimate of drug-likeness (QED) is 0.832. The Morgan fingerprint density at radius 3 is 2.56 bits per heavy atom. The van der Waals surface area contributed by atoms with Crippen molar-refractivity contribution in [3.05, 3.63) is 11.6 Å². The molecule has 0 aliphatic rings. The van der Waals surface area contributed by atoms with Gasteiger partial charge in [-0.1, -0.05) is 6.92 Å². The van der Waals surface area contributed by atoms with Crippen molar-refractivity contribution in [3.63, 3.8) is 0 Å². The summed E-state index contributed by atoms with van der Waals surface area (Å²) in [5, 5.41) is 7.81. The molecule has 1 rings (SSSR count). The SMILES string of the molecule is CCc1nnc(C)n1NC(=O)OC(C)(C)C. The van der Waals surface area contributed by atoms with E-state index in [1.165, 1.54) is 4.68 Å². The Labute approximate surface area is 95.0 Å². The van der Waals surface area contributed by atoms with Gasteiger partial charge in [-0.3, -0.25) is 0 Å². The van der Waals surface area contributed by atoms with Crippen LogP contribution in [0.25, 0.3) is 0 Å². The lowest BCUT2D eigenvalue weighted by Crippen LogP contribution is -2.32. The molecule has 0 radical (unpaired) electrons. The summed E-state index contributed by atoms with van der Waals surface area (Å²) >= 11 is 0. The Hall–Kier alpha value is -1.59. The van der Waals surface area contributed by atoms with Crippen molar-refractivity contribution in [2.45, 2.75) is 46.6 Å². The number of ether oxygens (including phenoxy) is 1. The molecule has 0 aliphatic carbocycles. The van der Waals surface area contributed by atoms with E-state index in [0.29, 0.717) is 18.1 Å². The summed E-state index contributed by atoms with van der Waals surface area (Å²) in [5.41, 5.74) is 2.08. The number of carbonyl (C=O) groups is 1. The molecule has 1 N–H and O–H groups in total. The highest BCUT2D eigenvalue weighted by molar-refractivity contribution is 5.76. The first kappa shape index (κ1) is 12.5. The maximum atomic E-state index is 11.5. The molecule has 16 heavy (non-hydrogen) atoms. The maximum absolute atomic E-state index is 11.5. The molecule has 90 valence electrons. The molecule has 0 saturated heterocycles. The standard InChI is InChI=1S/C10H18N4O2/c1-6-8-12-11-7(2)14(8)13-9(15)16-10(3,4)5/h6H2,1-5H3,(H,13,15). The summed E-state index contributed by atoms with van der Waals surface area (Å²) in [5.74, 6) is 1.33. The molecule has 0 aliphatic heterocycles. The summed E-state index contributed by atoms with van der Waals surface area (Å²) in [6, 6.07) is 0. The van der Waals surface area contributed by atoms with Crippen LogP contribution in [0, 0.1) is 6.92 Å². The third-order valence-corrected chi connectivity index (χ3v) is 1.81. The lowest BCUT2D eigenvalue weighted by atomic mass is 10.2. The Morgan fingerprint density at radius 1 is 1.44 bits per heavy atom. The first-order valence-corrected chi connectivity index (χ1v) is 5.24. The number of nitrogens with one attached hydrogen (secondary N) is 1. The van der Waals surface area contributed by atoms with E-state index in [0.717, 1.165) is 0 Å². The zero-order chi connectivity index (χ0) is 12.3. The van der Waals surface area contributed by atoms with Gasteiger partial charge >= 0.3 is 6.09 Å². The molecule has 1 aromatic heterocycles. The van der Waals surface area contributed by atoms with Gasteiger partial charge in [-0.15, -0.1) is 10.2 Å². The molecule has 0 fully saturated rings. The van der Waals surface area contributed by atoms with Crippen LogP contribution in [0.3, 0.4) is 0 Å². The Balaban J connectivity index is 2.73. The second-order valence-corrected chi connectivity index (χ2v) is 4.47. The normalized spacial score (nSPS) is 11.3. The van der Waals surface area contributed by atoms with Gasteiger partial charge < -0.3 is 4.74 Å². The Kier molecular flexibility index (Phi) is 3.51. The van der Waals surface area contributed by atoms with Crippen molar-refractivity contribution in [1.29, 1.82) is 0 Å². The van der Waals surface area contributed by atoms with Crippen molar-refractivity contribution in [2.24, 2.45) is 0 Å². The van der Waals surface area contributed by atoms with E-state index < -0.39 is 11.7 Å². The van der Waals surface area contributed by atoms with Crippen LogP contribution in [-0.4, -0.2) is 26.6 Å². The molecule has 6 nitrogen and oxygen atoms in total. The lowest BCUT2D eigenvalue weighted by Gasteiger charge is -2.20. The number of aromatic nitrogens is 3. The highest BCUT2D eigenvalue weighted by Gasteiger charge is 2.18. The summed E-state index contributed by atoms with van der Waals surface area (Å²) in [4.78, 5) is 11.5. The highest BCUT2D eigenvalue weighted by atomic mass is 16.6.